The number of likely N-dealkylation sites (tertiary alicyclic amines) is 1. The molecule has 7 nitrogen and oxygen atoms in total. The highest BCUT2D eigenvalue weighted by Gasteiger charge is 2.32. The van der Waals surface area contributed by atoms with Gasteiger partial charge in [-0.15, -0.1) is 0 Å². The van der Waals surface area contributed by atoms with Gasteiger partial charge < -0.3 is 9.47 Å². The molecule has 3 aromatic rings. The van der Waals surface area contributed by atoms with Gasteiger partial charge >= 0.3 is 0 Å². The minimum Gasteiger partial charge on any atom is -0.332 e. The number of aryl methyl sites for hydroxylation is 3. The van der Waals surface area contributed by atoms with Crippen molar-refractivity contribution in [3.63, 3.8) is 0 Å². The molecule has 1 atom stereocenters. The molecule has 4 rings (SSSR count). The summed E-state index contributed by atoms with van der Waals surface area (Å²) in [7, 11) is 0. The van der Waals surface area contributed by atoms with Crippen LogP contribution in [0.15, 0.2) is 24.3 Å². The number of H-pyrrole nitrogens is 1. The summed E-state index contributed by atoms with van der Waals surface area (Å²) in [5.41, 5.74) is 2.09. The number of imidazole rings is 1. The van der Waals surface area contributed by atoms with E-state index in [2.05, 4.69) is 37.7 Å². The zero-order valence-electron chi connectivity index (χ0n) is 15.3. The van der Waals surface area contributed by atoms with Gasteiger partial charge in [0.1, 0.15) is 11.6 Å². The van der Waals surface area contributed by atoms with Gasteiger partial charge in [-0.25, -0.2) is 9.97 Å². The molecule has 1 saturated heterocycles. The van der Waals surface area contributed by atoms with Crippen LogP contribution >= 0.6 is 0 Å². The van der Waals surface area contributed by atoms with Crippen LogP contribution in [0, 0.1) is 6.92 Å². The zero-order chi connectivity index (χ0) is 18.1. The fourth-order valence-electron chi connectivity index (χ4n) is 3.84. The number of aromatic nitrogens is 5. The number of fused-ring (bicyclic) bond motifs is 1. The SMILES string of the molecule is CCc1nc2ccccc2n1CCC(=O)N1CCC[C@H]1c1n[nH]c(C)n1. The zero-order valence-corrected chi connectivity index (χ0v) is 15.3. The average molecular weight is 352 g/mol. The van der Waals surface area contributed by atoms with Gasteiger partial charge in [-0.3, -0.25) is 9.89 Å². The first-order valence-corrected chi connectivity index (χ1v) is 9.30. The minimum absolute atomic E-state index is 0.00220. The van der Waals surface area contributed by atoms with Gasteiger partial charge in [-0.2, -0.15) is 5.10 Å². The van der Waals surface area contributed by atoms with E-state index in [1.165, 1.54) is 0 Å². The maximum absolute atomic E-state index is 12.9. The van der Waals surface area contributed by atoms with Crippen LogP contribution in [0.25, 0.3) is 11.0 Å². The molecule has 1 aromatic carbocycles. The lowest BCUT2D eigenvalue weighted by Gasteiger charge is -2.23. The van der Waals surface area contributed by atoms with Gasteiger partial charge in [0.15, 0.2) is 5.82 Å². The van der Waals surface area contributed by atoms with Crippen LogP contribution in [0.1, 0.15) is 49.7 Å². The lowest BCUT2D eigenvalue weighted by Crippen LogP contribution is -2.31. The molecule has 0 aliphatic carbocycles. The number of nitrogens with zero attached hydrogens (tertiary/aromatic N) is 5. The first kappa shape index (κ1) is 16.8. The van der Waals surface area contributed by atoms with Crippen LogP contribution in [-0.2, 0) is 17.8 Å². The molecule has 136 valence electrons. The van der Waals surface area contributed by atoms with Crippen LogP contribution in [0.4, 0.5) is 0 Å². The van der Waals surface area contributed by atoms with Crippen LogP contribution in [0.3, 0.4) is 0 Å². The fourth-order valence-corrected chi connectivity index (χ4v) is 3.84. The molecule has 1 N–H and O–H groups in total. The predicted molar refractivity (Wildman–Crippen MR) is 98.5 cm³/mol. The Kier molecular flexibility index (Phi) is 4.44. The molecule has 2 aromatic heterocycles. The van der Waals surface area contributed by atoms with Gasteiger partial charge in [0.05, 0.1) is 17.1 Å². The van der Waals surface area contributed by atoms with Crippen LogP contribution in [0.5, 0.6) is 0 Å². The summed E-state index contributed by atoms with van der Waals surface area (Å²) in [5, 5.41) is 7.15. The van der Waals surface area contributed by atoms with Gasteiger partial charge in [0.25, 0.3) is 0 Å². The Hall–Kier alpha value is -2.70. The van der Waals surface area contributed by atoms with Crippen molar-refractivity contribution >= 4 is 16.9 Å². The summed E-state index contributed by atoms with van der Waals surface area (Å²) < 4.78 is 2.18. The molecular weight excluding hydrogens is 328 g/mol. The van der Waals surface area contributed by atoms with E-state index in [1.54, 1.807) is 0 Å². The number of carbonyl (C=O) groups is 1. The molecule has 1 aliphatic heterocycles. The van der Waals surface area contributed by atoms with Crippen molar-refractivity contribution in [2.45, 2.75) is 52.1 Å². The predicted octanol–water partition coefficient (Wildman–Crippen LogP) is 2.78. The quantitative estimate of drug-likeness (QED) is 0.766. The minimum atomic E-state index is -0.00220. The molecule has 1 aliphatic rings. The Morgan fingerprint density at radius 2 is 2.15 bits per heavy atom. The van der Waals surface area contributed by atoms with Gasteiger partial charge in [0.2, 0.25) is 5.91 Å². The molecule has 0 saturated carbocycles. The first-order chi connectivity index (χ1) is 12.7. The number of hydrogen-bond donors (Lipinski definition) is 1. The largest absolute Gasteiger partial charge is 0.332 e. The number of rotatable bonds is 5. The monoisotopic (exact) mass is 352 g/mol. The van der Waals surface area contributed by atoms with Crippen molar-refractivity contribution in [1.29, 1.82) is 0 Å². The molecule has 0 radical (unpaired) electrons. The number of nitrogens with one attached hydrogen (secondary N) is 1. The van der Waals surface area contributed by atoms with Gasteiger partial charge in [-0.05, 0) is 31.9 Å². The fraction of sp³-hybridized carbons (Fsp3) is 0.474. The van der Waals surface area contributed by atoms with E-state index in [4.69, 9.17) is 0 Å². The summed E-state index contributed by atoms with van der Waals surface area (Å²) in [6.07, 6.45) is 3.24. The van der Waals surface area contributed by atoms with Crippen molar-refractivity contribution in [1.82, 2.24) is 29.6 Å². The second kappa shape index (κ2) is 6.90. The van der Waals surface area contributed by atoms with Crippen LogP contribution in [-0.4, -0.2) is 42.1 Å². The smallest absolute Gasteiger partial charge is 0.224 e. The van der Waals surface area contributed by atoms with E-state index >= 15 is 0 Å². The van der Waals surface area contributed by atoms with Crippen molar-refractivity contribution in [3.8, 4) is 0 Å². The molecule has 1 amide bonds. The number of amides is 1. The summed E-state index contributed by atoms with van der Waals surface area (Å²) >= 11 is 0. The summed E-state index contributed by atoms with van der Waals surface area (Å²) in [5.74, 6) is 2.71. The molecule has 0 unspecified atom stereocenters. The maximum atomic E-state index is 12.9. The van der Waals surface area contributed by atoms with Gasteiger partial charge in [0, 0.05) is 25.9 Å². The van der Waals surface area contributed by atoms with Crippen LogP contribution < -0.4 is 0 Å². The Labute approximate surface area is 152 Å². The Balaban J connectivity index is 1.50. The number of aromatic amines is 1. The molecular formula is C19H24N6O. The molecule has 26 heavy (non-hydrogen) atoms. The van der Waals surface area contributed by atoms with E-state index < -0.39 is 0 Å². The Bertz CT molecular complexity index is 927. The highest BCUT2D eigenvalue weighted by Crippen LogP contribution is 2.30. The van der Waals surface area contributed by atoms with E-state index in [0.717, 1.165) is 54.3 Å². The average Bonchev–Trinajstić information content (AvgIpc) is 3.37. The molecule has 0 spiro atoms. The molecule has 0 bridgehead atoms. The third kappa shape index (κ3) is 2.98. The molecule has 7 heteroatoms. The Morgan fingerprint density at radius 3 is 2.92 bits per heavy atom. The van der Waals surface area contributed by atoms with Crippen molar-refractivity contribution in [3.05, 3.63) is 41.7 Å². The van der Waals surface area contributed by atoms with E-state index in [0.29, 0.717) is 13.0 Å². The second-order valence-electron chi connectivity index (χ2n) is 6.80. The van der Waals surface area contributed by atoms with E-state index in [-0.39, 0.29) is 11.9 Å². The van der Waals surface area contributed by atoms with Crippen molar-refractivity contribution in [2.75, 3.05) is 6.54 Å². The standard InChI is InChI=1S/C19H24N6O/c1-3-17-21-14-7-4-5-8-15(14)24(17)12-10-18(26)25-11-6-9-16(25)19-20-13(2)22-23-19/h4-5,7-8,16H,3,6,9-12H2,1-2H3,(H,20,22,23)/t16-/m0/s1. The van der Waals surface area contributed by atoms with Gasteiger partial charge in [-0.1, -0.05) is 19.1 Å². The number of benzene rings is 1. The first-order valence-electron chi connectivity index (χ1n) is 9.30. The lowest BCUT2D eigenvalue weighted by molar-refractivity contribution is -0.132. The third-order valence-electron chi connectivity index (χ3n) is 5.08. The summed E-state index contributed by atoms with van der Waals surface area (Å²) in [6.45, 7) is 5.41. The normalized spacial score (nSPS) is 17.3. The third-order valence-corrected chi connectivity index (χ3v) is 5.08. The Morgan fingerprint density at radius 1 is 1.31 bits per heavy atom. The second-order valence-corrected chi connectivity index (χ2v) is 6.80. The van der Waals surface area contributed by atoms with Crippen LogP contribution in [0.2, 0.25) is 0 Å². The number of para-hydroxylation sites is 2. The summed E-state index contributed by atoms with van der Waals surface area (Å²) in [6, 6.07) is 8.11. The highest BCUT2D eigenvalue weighted by atomic mass is 16.2. The van der Waals surface area contributed by atoms with Crippen molar-refractivity contribution in [2.24, 2.45) is 0 Å². The van der Waals surface area contributed by atoms with E-state index in [1.807, 2.05) is 30.0 Å². The summed E-state index contributed by atoms with van der Waals surface area (Å²) in [4.78, 5) is 23.9. The molecule has 1 fully saturated rings. The number of hydrogen-bond acceptors (Lipinski definition) is 4. The topological polar surface area (TPSA) is 79.7 Å². The van der Waals surface area contributed by atoms with Crippen molar-refractivity contribution < 1.29 is 4.79 Å². The number of carbonyl (C=O) groups excluding carboxylic acids is 1. The lowest BCUT2D eigenvalue weighted by atomic mass is 10.2. The molecule has 3 heterocycles. The highest BCUT2D eigenvalue weighted by molar-refractivity contribution is 5.78. The van der Waals surface area contributed by atoms with E-state index in [9.17, 15) is 4.79 Å². The maximum Gasteiger partial charge on any atom is 0.224 e.